The third-order valence-electron chi connectivity index (χ3n) is 6.02. The Morgan fingerprint density at radius 2 is 1.73 bits per heavy atom. The fraction of sp³-hybridized carbons (Fsp3) is 0.409. The molecule has 1 fully saturated rings. The number of methoxy groups -OCH3 is 1. The molecular weight excluding hydrogens is 383 g/mol. The molecule has 3 aromatic rings. The SMILES string of the molecule is CC[NH+]1CC[NH+]([C@@H](c2ccc(F)cc2)c2nnnn2Cc2ccc(OC)cc2)CC1. The number of benzene rings is 2. The van der Waals surface area contributed by atoms with Crippen molar-refractivity contribution in [3.05, 3.63) is 71.3 Å². The Morgan fingerprint density at radius 1 is 1.03 bits per heavy atom. The molecule has 0 bridgehead atoms. The van der Waals surface area contributed by atoms with Crippen LogP contribution >= 0.6 is 0 Å². The van der Waals surface area contributed by atoms with Crippen molar-refractivity contribution in [1.29, 1.82) is 0 Å². The number of quaternary nitrogens is 2. The number of hydrogen-bond donors (Lipinski definition) is 2. The lowest BCUT2D eigenvalue weighted by Gasteiger charge is -2.33. The van der Waals surface area contributed by atoms with Crippen LogP contribution in [-0.2, 0) is 6.54 Å². The fourth-order valence-corrected chi connectivity index (χ4v) is 4.22. The van der Waals surface area contributed by atoms with E-state index in [2.05, 4.69) is 22.4 Å². The number of aromatic nitrogens is 4. The summed E-state index contributed by atoms with van der Waals surface area (Å²) in [4.78, 5) is 3.04. The molecule has 0 saturated carbocycles. The van der Waals surface area contributed by atoms with E-state index in [4.69, 9.17) is 4.74 Å². The average molecular weight is 413 g/mol. The van der Waals surface area contributed by atoms with Gasteiger partial charge in [-0.05, 0) is 59.3 Å². The van der Waals surface area contributed by atoms with Gasteiger partial charge in [0.25, 0.3) is 0 Å². The number of nitrogens with zero attached hydrogens (tertiary/aromatic N) is 4. The Hall–Kier alpha value is -2.84. The largest absolute Gasteiger partial charge is 0.497 e. The van der Waals surface area contributed by atoms with Gasteiger partial charge < -0.3 is 14.5 Å². The topological polar surface area (TPSA) is 61.7 Å². The molecule has 2 N–H and O–H groups in total. The van der Waals surface area contributed by atoms with Crippen LogP contribution in [0.15, 0.2) is 48.5 Å². The molecule has 2 aromatic carbocycles. The second-order valence-corrected chi connectivity index (χ2v) is 7.79. The molecule has 0 radical (unpaired) electrons. The van der Waals surface area contributed by atoms with Crippen molar-refractivity contribution in [3.8, 4) is 5.75 Å². The number of nitrogens with one attached hydrogen (secondary N) is 2. The van der Waals surface area contributed by atoms with Gasteiger partial charge in [0.05, 0.1) is 20.2 Å². The van der Waals surface area contributed by atoms with Crippen LogP contribution in [0.5, 0.6) is 5.75 Å². The zero-order valence-electron chi connectivity index (χ0n) is 17.5. The van der Waals surface area contributed by atoms with E-state index in [1.165, 1.54) is 17.0 Å². The normalized spacial score (nSPS) is 20.1. The summed E-state index contributed by atoms with van der Waals surface area (Å²) in [6, 6.07) is 14.7. The Bertz CT molecular complexity index is 935. The molecule has 1 atom stereocenters. The highest BCUT2D eigenvalue weighted by Gasteiger charge is 2.35. The molecule has 2 heterocycles. The predicted octanol–water partition coefficient (Wildman–Crippen LogP) is -0.238. The number of likely N-dealkylation sites (N-methyl/N-ethyl adjacent to an activating group) is 1. The van der Waals surface area contributed by atoms with Gasteiger partial charge in [0, 0.05) is 5.56 Å². The van der Waals surface area contributed by atoms with E-state index < -0.39 is 0 Å². The van der Waals surface area contributed by atoms with Crippen molar-refractivity contribution < 1.29 is 18.9 Å². The Balaban J connectivity index is 1.64. The van der Waals surface area contributed by atoms with Gasteiger partial charge in [-0.2, -0.15) is 0 Å². The maximum Gasteiger partial charge on any atom is 0.214 e. The minimum absolute atomic E-state index is 0.0303. The molecule has 4 rings (SSSR count). The minimum atomic E-state index is -0.231. The van der Waals surface area contributed by atoms with Gasteiger partial charge in [0.2, 0.25) is 5.82 Å². The molecule has 1 aliphatic heterocycles. The van der Waals surface area contributed by atoms with Crippen LogP contribution in [0.3, 0.4) is 0 Å². The lowest BCUT2D eigenvalue weighted by atomic mass is 10.0. The molecule has 1 aliphatic rings. The van der Waals surface area contributed by atoms with E-state index in [-0.39, 0.29) is 11.9 Å². The summed E-state index contributed by atoms with van der Waals surface area (Å²) in [6.45, 7) is 8.23. The van der Waals surface area contributed by atoms with Crippen LogP contribution < -0.4 is 14.5 Å². The molecule has 158 valence electrons. The second kappa shape index (κ2) is 9.32. The van der Waals surface area contributed by atoms with Crippen LogP contribution in [0.1, 0.15) is 29.9 Å². The smallest absolute Gasteiger partial charge is 0.214 e. The molecular formula is C22H29FN6O+2. The highest BCUT2D eigenvalue weighted by Crippen LogP contribution is 2.19. The quantitative estimate of drug-likeness (QED) is 0.563. The van der Waals surface area contributed by atoms with Crippen molar-refractivity contribution >= 4 is 0 Å². The Labute approximate surface area is 176 Å². The van der Waals surface area contributed by atoms with Gasteiger partial charge in [-0.1, -0.05) is 12.1 Å². The number of rotatable bonds is 7. The summed E-state index contributed by atoms with van der Waals surface area (Å²) in [6.07, 6.45) is 0. The lowest BCUT2D eigenvalue weighted by Crippen LogP contribution is -3.28. The third-order valence-corrected chi connectivity index (χ3v) is 6.02. The Kier molecular flexibility index (Phi) is 6.35. The van der Waals surface area contributed by atoms with E-state index in [9.17, 15) is 4.39 Å². The standard InChI is InChI=1S/C22H27FN6O/c1-3-27-12-14-28(15-13-27)21(18-6-8-19(23)9-7-18)22-24-25-26-29(22)16-17-4-10-20(30-2)11-5-17/h4-11,21H,3,12-16H2,1-2H3/p+2/t21-/m0/s1. The number of tetrazole rings is 1. The van der Waals surface area contributed by atoms with Crippen molar-refractivity contribution in [2.45, 2.75) is 19.5 Å². The van der Waals surface area contributed by atoms with Gasteiger partial charge in [0.1, 0.15) is 37.7 Å². The summed E-state index contributed by atoms with van der Waals surface area (Å²) in [7, 11) is 1.66. The first-order valence-corrected chi connectivity index (χ1v) is 10.5. The molecule has 1 aromatic heterocycles. The zero-order chi connectivity index (χ0) is 20.9. The monoisotopic (exact) mass is 412 g/mol. The van der Waals surface area contributed by atoms with E-state index in [1.54, 1.807) is 12.0 Å². The van der Waals surface area contributed by atoms with Crippen molar-refractivity contribution in [1.82, 2.24) is 20.2 Å². The molecule has 0 spiro atoms. The summed E-state index contributed by atoms with van der Waals surface area (Å²) < 4.78 is 20.7. The maximum atomic E-state index is 13.6. The van der Waals surface area contributed by atoms with Gasteiger partial charge in [0.15, 0.2) is 6.04 Å². The molecule has 0 amide bonds. The predicted molar refractivity (Wildman–Crippen MR) is 110 cm³/mol. The van der Waals surface area contributed by atoms with Crippen LogP contribution in [0.2, 0.25) is 0 Å². The fourth-order valence-electron chi connectivity index (χ4n) is 4.22. The minimum Gasteiger partial charge on any atom is -0.497 e. The Morgan fingerprint density at radius 3 is 2.37 bits per heavy atom. The van der Waals surface area contributed by atoms with Crippen molar-refractivity contribution in [2.24, 2.45) is 0 Å². The van der Waals surface area contributed by atoms with E-state index in [0.29, 0.717) is 6.54 Å². The maximum absolute atomic E-state index is 13.6. The van der Waals surface area contributed by atoms with E-state index >= 15 is 0 Å². The van der Waals surface area contributed by atoms with E-state index in [1.807, 2.05) is 41.1 Å². The molecule has 0 aliphatic carbocycles. The van der Waals surface area contributed by atoms with Gasteiger partial charge in [-0.3, -0.25) is 0 Å². The second-order valence-electron chi connectivity index (χ2n) is 7.79. The van der Waals surface area contributed by atoms with Crippen LogP contribution in [-0.4, -0.2) is 60.0 Å². The summed E-state index contributed by atoms with van der Waals surface area (Å²) >= 11 is 0. The van der Waals surface area contributed by atoms with Gasteiger partial charge in [-0.25, -0.2) is 9.07 Å². The summed E-state index contributed by atoms with van der Waals surface area (Å²) in [5.74, 6) is 1.40. The molecule has 7 nitrogen and oxygen atoms in total. The van der Waals surface area contributed by atoms with Crippen LogP contribution in [0, 0.1) is 5.82 Å². The first-order valence-electron chi connectivity index (χ1n) is 10.5. The van der Waals surface area contributed by atoms with Crippen LogP contribution in [0.4, 0.5) is 4.39 Å². The van der Waals surface area contributed by atoms with Crippen molar-refractivity contribution in [2.75, 3.05) is 39.8 Å². The van der Waals surface area contributed by atoms with Gasteiger partial charge in [-0.15, -0.1) is 5.10 Å². The van der Waals surface area contributed by atoms with Gasteiger partial charge >= 0.3 is 0 Å². The first-order chi connectivity index (χ1) is 14.7. The molecule has 1 saturated heterocycles. The summed E-state index contributed by atoms with van der Waals surface area (Å²) in [5, 5.41) is 12.7. The lowest BCUT2D eigenvalue weighted by molar-refractivity contribution is -1.02. The third kappa shape index (κ3) is 4.49. The molecule has 0 unspecified atom stereocenters. The van der Waals surface area contributed by atoms with E-state index in [0.717, 1.165) is 55.4 Å². The number of ether oxygens (including phenoxy) is 1. The number of halogens is 1. The zero-order valence-corrected chi connectivity index (χ0v) is 17.5. The van der Waals surface area contributed by atoms with Crippen LogP contribution in [0.25, 0.3) is 0 Å². The number of piperazine rings is 1. The molecule has 8 heteroatoms. The molecule has 30 heavy (non-hydrogen) atoms. The highest BCUT2D eigenvalue weighted by molar-refractivity contribution is 5.28. The van der Waals surface area contributed by atoms with Crippen molar-refractivity contribution in [3.63, 3.8) is 0 Å². The average Bonchev–Trinajstić information content (AvgIpc) is 3.24. The number of hydrogen-bond acceptors (Lipinski definition) is 4. The first kappa shape index (κ1) is 20.4. The highest BCUT2D eigenvalue weighted by atomic mass is 19.1. The summed E-state index contributed by atoms with van der Waals surface area (Å²) in [5.41, 5.74) is 2.13.